The van der Waals surface area contributed by atoms with Crippen LogP contribution in [0.3, 0.4) is 0 Å². The normalized spacial score (nSPS) is 11.9. The number of hydrogen-bond donors (Lipinski definition) is 0. The van der Waals surface area contributed by atoms with Crippen molar-refractivity contribution < 1.29 is 9.53 Å². The molecule has 0 saturated heterocycles. The molecule has 0 aliphatic heterocycles. The summed E-state index contributed by atoms with van der Waals surface area (Å²) in [4.78, 5) is 12.0. The van der Waals surface area contributed by atoms with Crippen molar-refractivity contribution in [2.24, 2.45) is 5.92 Å². The molecule has 0 aliphatic rings. The maximum absolute atomic E-state index is 12.0. The number of Topliss-reactive ketones (excluding diaryl/α,β-unsaturated/α-hetero) is 1. The van der Waals surface area contributed by atoms with Gasteiger partial charge in [0.15, 0.2) is 5.78 Å². The molecule has 20 heavy (non-hydrogen) atoms. The molecular formula is C18H20O2. The van der Waals surface area contributed by atoms with Gasteiger partial charge in [-0.05, 0) is 42.3 Å². The quantitative estimate of drug-likeness (QED) is 0.681. The summed E-state index contributed by atoms with van der Waals surface area (Å²) in [6.07, 6.45) is 1.64. The summed E-state index contributed by atoms with van der Waals surface area (Å²) in [6, 6.07) is 17.0. The molecule has 2 aromatic rings. The summed E-state index contributed by atoms with van der Waals surface area (Å²) in [6.45, 7) is 4.21. The lowest BCUT2D eigenvalue weighted by atomic mass is 9.98. The van der Waals surface area contributed by atoms with Crippen LogP contribution in [0.2, 0.25) is 0 Å². The van der Waals surface area contributed by atoms with Crippen LogP contribution in [0.15, 0.2) is 54.6 Å². The second-order valence-corrected chi connectivity index (χ2v) is 5.08. The minimum atomic E-state index is 0.200. The summed E-state index contributed by atoms with van der Waals surface area (Å²) in [5, 5.41) is 0. The van der Waals surface area contributed by atoms with Crippen molar-refractivity contribution in [2.75, 3.05) is 0 Å². The first-order valence-electron chi connectivity index (χ1n) is 7.05. The van der Waals surface area contributed by atoms with E-state index in [2.05, 4.69) is 13.8 Å². The monoisotopic (exact) mass is 268 g/mol. The maximum Gasteiger partial charge on any atom is 0.163 e. The minimum Gasteiger partial charge on any atom is -0.457 e. The highest BCUT2D eigenvalue weighted by Gasteiger charge is 2.10. The first-order valence-corrected chi connectivity index (χ1v) is 7.05. The van der Waals surface area contributed by atoms with Crippen LogP contribution in [0, 0.1) is 5.92 Å². The van der Waals surface area contributed by atoms with E-state index in [1.54, 1.807) is 0 Å². The lowest BCUT2D eigenvalue weighted by Gasteiger charge is -2.08. The minimum absolute atomic E-state index is 0.200. The Balaban J connectivity index is 2.01. The number of hydrogen-bond acceptors (Lipinski definition) is 2. The highest BCUT2D eigenvalue weighted by atomic mass is 16.5. The van der Waals surface area contributed by atoms with Gasteiger partial charge in [0.05, 0.1) is 0 Å². The van der Waals surface area contributed by atoms with Gasteiger partial charge in [0.25, 0.3) is 0 Å². The molecule has 0 radical (unpaired) electrons. The zero-order valence-electron chi connectivity index (χ0n) is 12.0. The van der Waals surface area contributed by atoms with E-state index in [1.165, 1.54) is 0 Å². The number of rotatable bonds is 6. The van der Waals surface area contributed by atoms with Gasteiger partial charge in [-0.15, -0.1) is 0 Å². The van der Waals surface area contributed by atoms with E-state index in [9.17, 15) is 4.79 Å². The average Bonchev–Trinajstić information content (AvgIpc) is 2.49. The topological polar surface area (TPSA) is 26.3 Å². The average molecular weight is 268 g/mol. The van der Waals surface area contributed by atoms with Gasteiger partial charge in [-0.1, -0.05) is 38.5 Å². The summed E-state index contributed by atoms with van der Waals surface area (Å²) >= 11 is 0. The molecule has 0 spiro atoms. The van der Waals surface area contributed by atoms with Gasteiger partial charge >= 0.3 is 0 Å². The van der Waals surface area contributed by atoms with Crippen molar-refractivity contribution in [1.29, 1.82) is 0 Å². The van der Waals surface area contributed by atoms with Crippen LogP contribution >= 0.6 is 0 Å². The fraction of sp³-hybridized carbons (Fsp3) is 0.278. The Bertz CT molecular complexity index is 543. The number of benzene rings is 2. The molecule has 0 fully saturated rings. The first kappa shape index (κ1) is 14.3. The fourth-order valence-corrected chi connectivity index (χ4v) is 1.91. The van der Waals surface area contributed by atoms with Crippen molar-refractivity contribution in [2.45, 2.75) is 26.7 Å². The second kappa shape index (κ2) is 6.90. The van der Waals surface area contributed by atoms with Gasteiger partial charge < -0.3 is 4.74 Å². The largest absolute Gasteiger partial charge is 0.457 e. The zero-order valence-corrected chi connectivity index (χ0v) is 12.0. The molecule has 0 N–H and O–H groups in total. The molecule has 2 heteroatoms. The van der Waals surface area contributed by atoms with Crippen LogP contribution in [-0.2, 0) is 0 Å². The first-order chi connectivity index (χ1) is 9.69. The third kappa shape index (κ3) is 3.95. The van der Waals surface area contributed by atoms with Crippen LogP contribution in [-0.4, -0.2) is 5.78 Å². The van der Waals surface area contributed by atoms with Crippen LogP contribution in [0.1, 0.15) is 37.0 Å². The SMILES string of the molecule is CCC(C)CC(=O)c1ccc(Oc2ccccc2)cc1. The summed E-state index contributed by atoms with van der Waals surface area (Å²) < 4.78 is 5.70. The Morgan fingerprint density at radius 3 is 2.20 bits per heavy atom. The van der Waals surface area contributed by atoms with Crippen molar-refractivity contribution in [3.63, 3.8) is 0 Å². The van der Waals surface area contributed by atoms with Crippen LogP contribution in [0.25, 0.3) is 0 Å². The Hall–Kier alpha value is -2.09. The van der Waals surface area contributed by atoms with Crippen molar-refractivity contribution in [3.05, 3.63) is 60.2 Å². The van der Waals surface area contributed by atoms with Gasteiger partial charge in [-0.3, -0.25) is 4.79 Å². The summed E-state index contributed by atoms with van der Waals surface area (Å²) in [5.41, 5.74) is 0.755. The van der Waals surface area contributed by atoms with Gasteiger partial charge in [0.1, 0.15) is 11.5 Å². The van der Waals surface area contributed by atoms with Crippen molar-refractivity contribution in [3.8, 4) is 11.5 Å². The van der Waals surface area contributed by atoms with E-state index in [4.69, 9.17) is 4.74 Å². The molecule has 0 aromatic heterocycles. The molecule has 0 aliphatic carbocycles. The molecule has 0 heterocycles. The van der Waals surface area contributed by atoms with Gasteiger partial charge in [0, 0.05) is 12.0 Å². The van der Waals surface area contributed by atoms with Crippen LogP contribution in [0.4, 0.5) is 0 Å². The predicted octanol–water partition coefficient (Wildman–Crippen LogP) is 5.10. The number of ether oxygens (including phenoxy) is 1. The number of para-hydroxylation sites is 1. The van der Waals surface area contributed by atoms with Gasteiger partial charge in [-0.25, -0.2) is 0 Å². The zero-order chi connectivity index (χ0) is 14.4. The lowest BCUT2D eigenvalue weighted by molar-refractivity contribution is 0.0963. The summed E-state index contributed by atoms with van der Waals surface area (Å²) in [7, 11) is 0. The Morgan fingerprint density at radius 1 is 1.00 bits per heavy atom. The molecule has 2 nitrogen and oxygen atoms in total. The Morgan fingerprint density at radius 2 is 1.60 bits per heavy atom. The smallest absolute Gasteiger partial charge is 0.163 e. The molecule has 1 unspecified atom stereocenters. The molecule has 104 valence electrons. The predicted molar refractivity (Wildman–Crippen MR) is 81.4 cm³/mol. The Labute approximate surface area is 120 Å². The van der Waals surface area contributed by atoms with E-state index in [0.717, 1.165) is 23.5 Å². The second-order valence-electron chi connectivity index (χ2n) is 5.08. The van der Waals surface area contributed by atoms with Crippen LogP contribution in [0.5, 0.6) is 11.5 Å². The van der Waals surface area contributed by atoms with E-state index in [1.807, 2.05) is 54.6 Å². The number of carbonyl (C=O) groups is 1. The molecule has 0 bridgehead atoms. The summed E-state index contributed by atoms with van der Waals surface area (Å²) in [5.74, 6) is 2.18. The Kier molecular flexibility index (Phi) is 4.94. The third-order valence-electron chi connectivity index (χ3n) is 3.39. The molecular weight excluding hydrogens is 248 g/mol. The van der Waals surface area contributed by atoms with Crippen molar-refractivity contribution in [1.82, 2.24) is 0 Å². The standard InChI is InChI=1S/C18H20O2/c1-3-14(2)13-18(19)15-9-11-17(12-10-15)20-16-7-5-4-6-8-16/h4-12,14H,3,13H2,1-2H3. The van der Waals surface area contributed by atoms with E-state index in [-0.39, 0.29) is 5.78 Å². The van der Waals surface area contributed by atoms with Crippen molar-refractivity contribution >= 4 is 5.78 Å². The molecule has 0 amide bonds. The highest BCUT2D eigenvalue weighted by molar-refractivity contribution is 5.96. The van der Waals surface area contributed by atoms with E-state index < -0.39 is 0 Å². The number of carbonyl (C=O) groups excluding carboxylic acids is 1. The maximum atomic E-state index is 12.0. The van der Waals surface area contributed by atoms with Gasteiger partial charge in [0.2, 0.25) is 0 Å². The van der Waals surface area contributed by atoms with E-state index in [0.29, 0.717) is 12.3 Å². The lowest BCUT2D eigenvalue weighted by Crippen LogP contribution is -2.05. The molecule has 2 aromatic carbocycles. The fourth-order valence-electron chi connectivity index (χ4n) is 1.91. The highest BCUT2D eigenvalue weighted by Crippen LogP contribution is 2.22. The molecule has 0 saturated carbocycles. The van der Waals surface area contributed by atoms with Crippen LogP contribution < -0.4 is 4.74 Å². The van der Waals surface area contributed by atoms with Gasteiger partial charge in [-0.2, -0.15) is 0 Å². The number of ketones is 1. The molecule has 2 rings (SSSR count). The third-order valence-corrected chi connectivity index (χ3v) is 3.39. The molecule has 1 atom stereocenters. The van der Waals surface area contributed by atoms with E-state index >= 15 is 0 Å².